The lowest BCUT2D eigenvalue weighted by Crippen LogP contribution is -2.35. The van der Waals surface area contributed by atoms with Crippen molar-refractivity contribution in [2.75, 3.05) is 18.6 Å². The first-order chi connectivity index (χ1) is 12.0. The van der Waals surface area contributed by atoms with E-state index in [-0.39, 0.29) is 17.5 Å². The number of hydrogen-bond donors (Lipinski definition) is 0. The largest absolute Gasteiger partial charge is 0.497 e. The van der Waals surface area contributed by atoms with Crippen LogP contribution in [0.1, 0.15) is 17.5 Å². The summed E-state index contributed by atoms with van der Waals surface area (Å²) in [6.45, 7) is 1.43. The van der Waals surface area contributed by atoms with Gasteiger partial charge < -0.3 is 4.74 Å². The van der Waals surface area contributed by atoms with Gasteiger partial charge in [0.15, 0.2) is 9.84 Å². The molecule has 4 nitrogen and oxygen atoms in total. The predicted octanol–water partition coefficient (Wildman–Crippen LogP) is 3.65. The van der Waals surface area contributed by atoms with Crippen molar-refractivity contribution in [1.82, 2.24) is 4.90 Å². The number of nitrogens with zero attached hydrogens (tertiary/aromatic N) is 1. The van der Waals surface area contributed by atoms with E-state index in [1.54, 1.807) is 7.11 Å². The molecule has 0 spiro atoms. The Kier molecular flexibility index (Phi) is 5.81. The van der Waals surface area contributed by atoms with E-state index in [1.165, 1.54) is 5.56 Å². The van der Waals surface area contributed by atoms with Crippen LogP contribution in [0, 0.1) is 0 Å². The van der Waals surface area contributed by atoms with Gasteiger partial charge in [0.1, 0.15) is 5.75 Å². The van der Waals surface area contributed by atoms with Crippen LogP contribution in [-0.2, 0) is 22.9 Å². The molecule has 0 bridgehead atoms. The quantitative estimate of drug-likeness (QED) is 0.711. The first-order valence-electron chi connectivity index (χ1n) is 8.28. The van der Waals surface area contributed by atoms with Gasteiger partial charge in [0.2, 0.25) is 0 Å². The summed E-state index contributed by atoms with van der Waals surface area (Å²) in [5.74, 6) is 1.35. The second-order valence-corrected chi connectivity index (χ2v) is 9.48. The fourth-order valence-electron chi connectivity index (χ4n) is 3.19. The van der Waals surface area contributed by atoms with Gasteiger partial charge in [0.05, 0.1) is 18.6 Å². The summed E-state index contributed by atoms with van der Waals surface area (Å²) in [5.41, 5.74) is 2.32. The van der Waals surface area contributed by atoms with E-state index in [9.17, 15) is 8.42 Å². The summed E-state index contributed by atoms with van der Waals surface area (Å²) >= 11 is 3.60. The minimum Gasteiger partial charge on any atom is -0.497 e. The average molecular weight is 424 g/mol. The Morgan fingerprint density at radius 1 is 1.12 bits per heavy atom. The summed E-state index contributed by atoms with van der Waals surface area (Å²) in [5, 5.41) is 0. The van der Waals surface area contributed by atoms with E-state index in [0.717, 1.165) is 15.8 Å². The monoisotopic (exact) mass is 423 g/mol. The van der Waals surface area contributed by atoms with Crippen LogP contribution in [0.25, 0.3) is 0 Å². The second kappa shape index (κ2) is 7.89. The molecule has 0 N–H and O–H groups in total. The maximum absolute atomic E-state index is 11.9. The molecule has 2 aromatic carbocycles. The van der Waals surface area contributed by atoms with Gasteiger partial charge in [-0.05, 0) is 35.7 Å². The molecule has 0 aliphatic carbocycles. The number of rotatable bonds is 6. The highest BCUT2D eigenvalue weighted by Crippen LogP contribution is 2.25. The highest BCUT2D eigenvalue weighted by Gasteiger charge is 2.32. The van der Waals surface area contributed by atoms with Crippen molar-refractivity contribution in [3.8, 4) is 5.75 Å². The topological polar surface area (TPSA) is 46.6 Å². The lowest BCUT2D eigenvalue weighted by molar-refractivity contribution is 0.194. The number of ether oxygens (including phenoxy) is 1. The number of benzene rings is 2. The van der Waals surface area contributed by atoms with Crippen molar-refractivity contribution >= 4 is 25.8 Å². The summed E-state index contributed by atoms with van der Waals surface area (Å²) in [6.07, 6.45) is 0.697. The Bertz CT molecular complexity index is 821. The van der Waals surface area contributed by atoms with E-state index in [1.807, 2.05) is 42.5 Å². The van der Waals surface area contributed by atoms with E-state index < -0.39 is 9.84 Å². The third-order valence-electron chi connectivity index (χ3n) is 4.60. The standard InChI is InChI=1S/C19H22BrNO3S/c1-24-18-8-6-15(7-9-18)12-21(17-10-11-25(22,23)14-17)13-16-4-2-3-5-19(16)20/h2-9,17H,10-14H2,1H3/t17-/m0/s1. The molecule has 1 atom stereocenters. The highest BCUT2D eigenvalue weighted by molar-refractivity contribution is 9.10. The maximum Gasteiger partial charge on any atom is 0.151 e. The van der Waals surface area contributed by atoms with Crippen LogP contribution in [0.4, 0.5) is 0 Å². The Morgan fingerprint density at radius 3 is 2.44 bits per heavy atom. The van der Waals surface area contributed by atoms with E-state index in [2.05, 4.69) is 26.9 Å². The molecule has 25 heavy (non-hydrogen) atoms. The molecule has 2 aromatic rings. The van der Waals surface area contributed by atoms with Gasteiger partial charge in [-0.25, -0.2) is 8.42 Å². The molecule has 1 saturated heterocycles. The first kappa shape index (κ1) is 18.4. The third kappa shape index (κ3) is 4.84. The van der Waals surface area contributed by atoms with Crippen LogP contribution in [0.3, 0.4) is 0 Å². The maximum atomic E-state index is 11.9. The van der Waals surface area contributed by atoms with Crippen molar-refractivity contribution in [1.29, 1.82) is 0 Å². The molecule has 1 heterocycles. The molecule has 6 heteroatoms. The summed E-state index contributed by atoms with van der Waals surface area (Å²) in [4.78, 5) is 2.27. The molecule has 0 amide bonds. The summed E-state index contributed by atoms with van der Waals surface area (Å²) in [7, 11) is -1.27. The second-order valence-electron chi connectivity index (χ2n) is 6.40. The zero-order chi connectivity index (χ0) is 17.9. The lowest BCUT2D eigenvalue weighted by Gasteiger charge is -2.28. The molecule has 0 aromatic heterocycles. The van der Waals surface area contributed by atoms with Gasteiger partial charge in [0, 0.05) is 23.6 Å². The van der Waals surface area contributed by atoms with Crippen LogP contribution in [0.5, 0.6) is 5.75 Å². The molecular formula is C19H22BrNO3S. The third-order valence-corrected chi connectivity index (χ3v) is 7.12. The van der Waals surface area contributed by atoms with Crippen LogP contribution in [0.2, 0.25) is 0 Å². The zero-order valence-corrected chi connectivity index (χ0v) is 16.6. The Hall–Kier alpha value is -1.37. The average Bonchev–Trinajstić information content (AvgIpc) is 2.97. The van der Waals surface area contributed by atoms with Gasteiger partial charge in [-0.1, -0.05) is 46.3 Å². The molecule has 0 unspecified atom stereocenters. The molecule has 1 fully saturated rings. The molecular weight excluding hydrogens is 402 g/mol. The molecule has 3 rings (SSSR count). The van der Waals surface area contributed by atoms with Crippen molar-refractivity contribution in [2.45, 2.75) is 25.6 Å². The zero-order valence-electron chi connectivity index (χ0n) is 14.2. The molecule has 0 radical (unpaired) electrons. The summed E-state index contributed by atoms with van der Waals surface area (Å²) < 4.78 is 30.2. The first-order valence-corrected chi connectivity index (χ1v) is 10.9. The van der Waals surface area contributed by atoms with Crippen molar-refractivity contribution in [3.63, 3.8) is 0 Å². The fourth-order valence-corrected chi connectivity index (χ4v) is 5.36. The number of hydrogen-bond acceptors (Lipinski definition) is 4. The highest BCUT2D eigenvalue weighted by atomic mass is 79.9. The van der Waals surface area contributed by atoms with Crippen LogP contribution < -0.4 is 4.74 Å². The van der Waals surface area contributed by atoms with Gasteiger partial charge >= 0.3 is 0 Å². The number of halogens is 1. The number of methoxy groups -OCH3 is 1. The Balaban J connectivity index is 1.82. The van der Waals surface area contributed by atoms with Gasteiger partial charge in [-0.2, -0.15) is 0 Å². The van der Waals surface area contributed by atoms with Gasteiger partial charge in [0.25, 0.3) is 0 Å². The van der Waals surface area contributed by atoms with E-state index in [4.69, 9.17) is 4.74 Å². The van der Waals surface area contributed by atoms with Crippen molar-refractivity contribution in [2.24, 2.45) is 0 Å². The van der Waals surface area contributed by atoms with Crippen molar-refractivity contribution < 1.29 is 13.2 Å². The predicted molar refractivity (Wildman–Crippen MR) is 103 cm³/mol. The Labute approximate surface area is 157 Å². The molecule has 0 saturated carbocycles. The van der Waals surface area contributed by atoms with Crippen LogP contribution in [0.15, 0.2) is 53.0 Å². The lowest BCUT2D eigenvalue weighted by atomic mass is 10.1. The number of sulfone groups is 1. The van der Waals surface area contributed by atoms with Crippen LogP contribution >= 0.6 is 15.9 Å². The SMILES string of the molecule is COc1ccc(CN(Cc2ccccc2Br)[C@H]2CCS(=O)(=O)C2)cc1. The minimum atomic E-state index is -2.92. The van der Waals surface area contributed by atoms with Crippen molar-refractivity contribution in [3.05, 3.63) is 64.1 Å². The van der Waals surface area contributed by atoms with E-state index in [0.29, 0.717) is 19.5 Å². The molecule has 1 aliphatic heterocycles. The molecule has 134 valence electrons. The molecule has 1 aliphatic rings. The normalized spacial score (nSPS) is 19.2. The van der Waals surface area contributed by atoms with Gasteiger partial charge in [-0.3, -0.25) is 4.90 Å². The Morgan fingerprint density at radius 2 is 1.84 bits per heavy atom. The van der Waals surface area contributed by atoms with E-state index >= 15 is 0 Å². The minimum absolute atomic E-state index is 0.0548. The summed E-state index contributed by atoms with van der Waals surface area (Å²) in [6, 6.07) is 16.1. The van der Waals surface area contributed by atoms with Crippen LogP contribution in [-0.4, -0.2) is 38.0 Å². The smallest absolute Gasteiger partial charge is 0.151 e. The fraction of sp³-hybridized carbons (Fsp3) is 0.368. The van der Waals surface area contributed by atoms with Gasteiger partial charge in [-0.15, -0.1) is 0 Å².